The summed E-state index contributed by atoms with van der Waals surface area (Å²) in [7, 11) is 0. The van der Waals surface area contributed by atoms with Crippen LogP contribution >= 0.6 is 0 Å². The molecule has 1 aromatic rings. The Morgan fingerprint density at radius 1 is 1.33 bits per heavy atom. The minimum atomic E-state index is 0.106. The van der Waals surface area contributed by atoms with Gasteiger partial charge in [-0.25, -0.2) is 0 Å². The molecule has 2 nitrogen and oxygen atoms in total. The summed E-state index contributed by atoms with van der Waals surface area (Å²) in [4.78, 5) is 10.9. The quantitative estimate of drug-likeness (QED) is 0.684. The van der Waals surface area contributed by atoms with Gasteiger partial charge in [0.25, 0.3) is 0 Å². The zero-order chi connectivity index (χ0) is 8.97. The number of carbonyl (C=O) groups excluding carboxylic acids is 1. The Balaban J connectivity index is 2.78. The van der Waals surface area contributed by atoms with Gasteiger partial charge in [-0.15, -0.1) is 0 Å². The van der Waals surface area contributed by atoms with Crippen LogP contribution in [0.2, 0.25) is 0 Å². The molecule has 0 spiro atoms. The predicted molar refractivity (Wildman–Crippen MR) is 49.2 cm³/mol. The van der Waals surface area contributed by atoms with Crippen LogP contribution < -0.4 is 5.73 Å². The minimum Gasteiger partial charge on any atom is -0.330 e. The predicted octanol–water partition coefficient (Wildman–Crippen LogP) is 1.39. The van der Waals surface area contributed by atoms with Crippen molar-refractivity contribution in [3.8, 4) is 0 Å². The third-order valence-corrected chi connectivity index (χ3v) is 1.79. The Labute approximate surface area is 72.4 Å². The van der Waals surface area contributed by atoms with E-state index >= 15 is 0 Å². The van der Waals surface area contributed by atoms with Gasteiger partial charge in [-0.05, 0) is 25.5 Å². The highest BCUT2D eigenvalue weighted by molar-refractivity contribution is 5.93. The summed E-state index contributed by atoms with van der Waals surface area (Å²) in [5.74, 6) is 0.106. The van der Waals surface area contributed by atoms with Crippen molar-refractivity contribution < 1.29 is 4.79 Å². The van der Waals surface area contributed by atoms with Crippen LogP contribution in [0.5, 0.6) is 0 Å². The first kappa shape index (κ1) is 8.94. The van der Waals surface area contributed by atoms with E-state index in [4.69, 9.17) is 5.73 Å². The summed E-state index contributed by atoms with van der Waals surface area (Å²) >= 11 is 0. The van der Waals surface area contributed by atoms with Crippen molar-refractivity contribution in [2.45, 2.75) is 13.3 Å². The van der Waals surface area contributed by atoms with E-state index in [1.807, 2.05) is 24.3 Å². The summed E-state index contributed by atoms with van der Waals surface area (Å²) < 4.78 is 0. The summed E-state index contributed by atoms with van der Waals surface area (Å²) in [5, 5.41) is 0. The number of benzene rings is 1. The van der Waals surface area contributed by atoms with E-state index in [9.17, 15) is 4.79 Å². The maximum Gasteiger partial charge on any atom is 0.159 e. The molecule has 64 valence electrons. The van der Waals surface area contributed by atoms with E-state index in [1.54, 1.807) is 6.92 Å². The summed E-state index contributed by atoms with van der Waals surface area (Å²) in [6, 6.07) is 7.58. The number of Topliss-reactive ketones (excluding diaryl/α,β-unsaturated/α-hetero) is 1. The molecule has 2 heteroatoms. The normalized spacial score (nSPS) is 9.83. The minimum absolute atomic E-state index is 0.106. The van der Waals surface area contributed by atoms with Crippen molar-refractivity contribution >= 4 is 5.78 Å². The highest BCUT2D eigenvalue weighted by atomic mass is 16.1. The number of hydrogen-bond donors (Lipinski definition) is 1. The van der Waals surface area contributed by atoms with Gasteiger partial charge in [0.1, 0.15) is 0 Å². The molecule has 1 rings (SSSR count). The molecule has 0 aromatic heterocycles. The molecular weight excluding hydrogens is 150 g/mol. The van der Waals surface area contributed by atoms with Crippen LogP contribution in [0, 0.1) is 0 Å². The number of ketones is 1. The number of carbonyl (C=O) groups is 1. The molecule has 0 aliphatic rings. The molecule has 0 aliphatic heterocycles. The number of rotatable bonds is 3. The van der Waals surface area contributed by atoms with Crippen LogP contribution in [0.3, 0.4) is 0 Å². The molecule has 1 aromatic carbocycles. The lowest BCUT2D eigenvalue weighted by atomic mass is 10.1. The second-order valence-electron chi connectivity index (χ2n) is 2.79. The van der Waals surface area contributed by atoms with Crippen LogP contribution in [0.25, 0.3) is 0 Å². The first-order chi connectivity index (χ1) is 5.74. The molecule has 0 bridgehead atoms. The number of nitrogens with two attached hydrogens (primary N) is 1. The molecular formula is C10H13NO. The third-order valence-electron chi connectivity index (χ3n) is 1.79. The topological polar surface area (TPSA) is 43.1 Å². The second kappa shape index (κ2) is 4.02. The van der Waals surface area contributed by atoms with E-state index in [0.717, 1.165) is 12.0 Å². The van der Waals surface area contributed by atoms with Crippen molar-refractivity contribution in [3.05, 3.63) is 35.4 Å². The smallest absolute Gasteiger partial charge is 0.159 e. The van der Waals surface area contributed by atoms with Gasteiger partial charge in [0.2, 0.25) is 0 Å². The van der Waals surface area contributed by atoms with Crippen LogP contribution in [-0.4, -0.2) is 12.3 Å². The largest absolute Gasteiger partial charge is 0.330 e. The molecule has 0 unspecified atom stereocenters. The van der Waals surface area contributed by atoms with E-state index in [0.29, 0.717) is 6.54 Å². The summed E-state index contributed by atoms with van der Waals surface area (Å²) in [6.45, 7) is 2.22. The van der Waals surface area contributed by atoms with Crippen molar-refractivity contribution in [2.75, 3.05) is 6.54 Å². The molecule has 0 saturated heterocycles. The monoisotopic (exact) mass is 163 g/mol. The zero-order valence-corrected chi connectivity index (χ0v) is 7.21. The van der Waals surface area contributed by atoms with Crippen molar-refractivity contribution in [2.24, 2.45) is 5.73 Å². The summed E-state index contributed by atoms with van der Waals surface area (Å²) in [5.41, 5.74) is 7.33. The average Bonchev–Trinajstić information content (AvgIpc) is 2.06. The Bertz CT molecular complexity index is 264. The standard InChI is InChI=1S/C10H13NO/c1-8(12)10-4-2-9(3-5-10)6-7-11/h2-5H,6-7,11H2,1H3. The molecule has 0 fully saturated rings. The zero-order valence-electron chi connectivity index (χ0n) is 7.21. The van der Waals surface area contributed by atoms with Gasteiger partial charge < -0.3 is 5.73 Å². The molecule has 0 radical (unpaired) electrons. The second-order valence-corrected chi connectivity index (χ2v) is 2.79. The van der Waals surface area contributed by atoms with E-state index in [1.165, 1.54) is 5.56 Å². The Morgan fingerprint density at radius 3 is 2.33 bits per heavy atom. The van der Waals surface area contributed by atoms with Gasteiger partial charge in [-0.1, -0.05) is 24.3 Å². The Kier molecular flexibility index (Phi) is 3.00. The molecule has 0 atom stereocenters. The first-order valence-electron chi connectivity index (χ1n) is 4.04. The first-order valence-corrected chi connectivity index (χ1v) is 4.04. The van der Waals surface area contributed by atoms with E-state index in [2.05, 4.69) is 0 Å². The van der Waals surface area contributed by atoms with Gasteiger partial charge >= 0.3 is 0 Å². The van der Waals surface area contributed by atoms with E-state index in [-0.39, 0.29) is 5.78 Å². The van der Waals surface area contributed by atoms with Crippen LogP contribution in [-0.2, 0) is 6.42 Å². The lowest BCUT2D eigenvalue weighted by Gasteiger charge is -1.99. The fourth-order valence-corrected chi connectivity index (χ4v) is 1.07. The maximum absolute atomic E-state index is 10.9. The SMILES string of the molecule is CC(=O)c1ccc(CCN)cc1. The fourth-order valence-electron chi connectivity index (χ4n) is 1.07. The van der Waals surface area contributed by atoms with E-state index < -0.39 is 0 Å². The summed E-state index contributed by atoms with van der Waals surface area (Å²) in [6.07, 6.45) is 0.873. The molecule has 0 amide bonds. The van der Waals surface area contributed by atoms with Gasteiger partial charge in [0.05, 0.1) is 0 Å². The maximum atomic E-state index is 10.9. The van der Waals surface area contributed by atoms with Crippen LogP contribution in [0.15, 0.2) is 24.3 Å². The van der Waals surface area contributed by atoms with Crippen molar-refractivity contribution in [1.29, 1.82) is 0 Å². The lowest BCUT2D eigenvalue weighted by molar-refractivity contribution is 0.101. The van der Waals surface area contributed by atoms with Gasteiger partial charge in [0.15, 0.2) is 5.78 Å². The molecule has 12 heavy (non-hydrogen) atoms. The highest BCUT2D eigenvalue weighted by Crippen LogP contribution is 2.04. The molecule has 0 heterocycles. The van der Waals surface area contributed by atoms with Gasteiger partial charge in [-0.3, -0.25) is 4.79 Å². The Hall–Kier alpha value is -1.15. The fraction of sp³-hybridized carbons (Fsp3) is 0.300. The average molecular weight is 163 g/mol. The van der Waals surface area contributed by atoms with Crippen LogP contribution in [0.1, 0.15) is 22.8 Å². The lowest BCUT2D eigenvalue weighted by Crippen LogP contribution is -2.02. The molecule has 2 N–H and O–H groups in total. The van der Waals surface area contributed by atoms with Crippen LogP contribution in [0.4, 0.5) is 0 Å². The van der Waals surface area contributed by atoms with Crippen molar-refractivity contribution in [1.82, 2.24) is 0 Å². The van der Waals surface area contributed by atoms with Gasteiger partial charge in [0, 0.05) is 5.56 Å². The molecule has 0 saturated carbocycles. The third kappa shape index (κ3) is 2.17. The Morgan fingerprint density at radius 2 is 1.92 bits per heavy atom. The molecule has 0 aliphatic carbocycles. The number of hydrogen-bond acceptors (Lipinski definition) is 2. The van der Waals surface area contributed by atoms with Gasteiger partial charge in [-0.2, -0.15) is 0 Å². The van der Waals surface area contributed by atoms with Crippen molar-refractivity contribution in [3.63, 3.8) is 0 Å². The highest BCUT2D eigenvalue weighted by Gasteiger charge is 1.97.